The summed E-state index contributed by atoms with van der Waals surface area (Å²) in [6.45, 7) is -0.566. The van der Waals surface area contributed by atoms with Gasteiger partial charge in [0.1, 0.15) is 5.60 Å². The highest BCUT2D eigenvalue weighted by Gasteiger charge is 2.32. The molecule has 16 heavy (non-hydrogen) atoms. The Balaban J connectivity index is 3.04. The largest absolute Gasteiger partial charge is 0.416 e. The maximum Gasteiger partial charge on any atom is 0.416 e. The minimum Gasteiger partial charge on any atom is -0.393 e. The number of aliphatic hydroxyl groups is 2. The first-order chi connectivity index (χ1) is 7.33. The normalized spacial score (nSPS) is 15.9. The third kappa shape index (κ3) is 2.75. The highest BCUT2D eigenvalue weighted by molar-refractivity contribution is 9.09. The van der Waals surface area contributed by atoms with Gasteiger partial charge in [-0.1, -0.05) is 28.1 Å². The number of aliphatic hydroxyl groups excluding tert-OH is 1. The van der Waals surface area contributed by atoms with E-state index in [1.54, 1.807) is 0 Å². The summed E-state index contributed by atoms with van der Waals surface area (Å²) in [6.07, 6.45) is -4.40. The van der Waals surface area contributed by atoms with Crippen molar-refractivity contribution in [3.8, 4) is 0 Å². The van der Waals surface area contributed by atoms with Gasteiger partial charge >= 0.3 is 6.18 Å². The molecule has 0 aliphatic carbocycles. The first-order valence-electron chi connectivity index (χ1n) is 4.40. The topological polar surface area (TPSA) is 40.5 Å². The van der Waals surface area contributed by atoms with Crippen molar-refractivity contribution < 1.29 is 23.4 Å². The molecule has 2 N–H and O–H groups in total. The van der Waals surface area contributed by atoms with Gasteiger partial charge in [-0.25, -0.2) is 0 Å². The van der Waals surface area contributed by atoms with E-state index >= 15 is 0 Å². The standard InChI is InChI=1S/C10H10BrF3O2/c11-5-9(16,6-15)7-1-3-8(4-2-7)10(12,13)14/h1-4,15-16H,5-6H2/t9-/m0/s1. The van der Waals surface area contributed by atoms with Crippen molar-refractivity contribution in [3.63, 3.8) is 0 Å². The van der Waals surface area contributed by atoms with Gasteiger partial charge in [0.2, 0.25) is 0 Å². The van der Waals surface area contributed by atoms with Gasteiger partial charge < -0.3 is 10.2 Å². The van der Waals surface area contributed by atoms with Crippen molar-refractivity contribution in [2.45, 2.75) is 11.8 Å². The van der Waals surface area contributed by atoms with Crippen LogP contribution in [0, 0.1) is 0 Å². The van der Waals surface area contributed by atoms with Crippen LogP contribution < -0.4 is 0 Å². The van der Waals surface area contributed by atoms with Crippen LogP contribution in [-0.4, -0.2) is 22.2 Å². The van der Waals surface area contributed by atoms with Gasteiger partial charge in [-0.15, -0.1) is 0 Å². The average molecular weight is 299 g/mol. The molecule has 2 nitrogen and oxygen atoms in total. The number of halogens is 4. The first-order valence-corrected chi connectivity index (χ1v) is 5.52. The zero-order valence-electron chi connectivity index (χ0n) is 8.13. The summed E-state index contributed by atoms with van der Waals surface area (Å²) in [5, 5.41) is 18.8. The predicted octanol–water partition coefficient (Wildman–Crippen LogP) is 2.28. The summed E-state index contributed by atoms with van der Waals surface area (Å²) in [4.78, 5) is 0. The van der Waals surface area contributed by atoms with E-state index in [1.807, 2.05) is 0 Å². The average Bonchev–Trinajstić information content (AvgIpc) is 2.27. The SMILES string of the molecule is OC[C@@](O)(CBr)c1ccc(C(F)(F)F)cc1. The van der Waals surface area contributed by atoms with Gasteiger partial charge in [0, 0.05) is 5.33 Å². The van der Waals surface area contributed by atoms with Crippen LogP contribution in [0.5, 0.6) is 0 Å². The van der Waals surface area contributed by atoms with Crippen molar-refractivity contribution in [3.05, 3.63) is 35.4 Å². The van der Waals surface area contributed by atoms with Crippen LogP contribution in [0.1, 0.15) is 11.1 Å². The molecule has 0 radical (unpaired) electrons. The Morgan fingerprint density at radius 3 is 1.81 bits per heavy atom. The molecule has 0 amide bonds. The van der Waals surface area contributed by atoms with E-state index in [4.69, 9.17) is 5.11 Å². The third-order valence-electron chi connectivity index (χ3n) is 2.23. The maximum absolute atomic E-state index is 12.3. The van der Waals surface area contributed by atoms with Crippen LogP contribution >= 0.6 is 15.9 Å². The Kier molecular flexibility index (Phi) is 3.98. The van der Waals surface area contributed by atoms with Gasteiger partial charge in [0.05, 0.1) is 12.2 Å². The van der Waals surface area contributed by atoms with E-state index in [9.17, 15) is 18.3 Å². The van der Waals surface area contributed by atoms with Gasteiger partial charge in [0.15, 0.2) is 0 Å². The monoisotopic (exact) mass is 298 g/mol. The minimum absolute atomic E-state index is 0.0435. The number of alkyl halides is 4. The maximum atomic E-state index is 12.3. The summed E-state index contributed by atoms with van der Waals surface area (Å²) < 4.78 is 36.8. The second-order valence-electron chi connectivity index (χ2n) is 3.40. The van der Waals surface area contributed by atoms with E-state index in [-0.39, 0.29) is 10.9 Å². The summed E-state index contributed by atoms with van der Waals surface area (Å²) in [7, 11) is 0. The van der Waals surface area contributed by atoms with Gasteiger partial charge in [-0.3, -0.25) is 0 Å². The third-order valence-corrected chi connectivity index (χ3v) is 3.16. The van der Waals surface area contributed by atoms with Gasteiger partial charge in [-0.05, 0) is 17.7 Å². The van der Waals surface area contributed by atoms with Gasteiger partial charge in [0.25, 0.3) is 0 Å². The Labute approximate surface area is 98.8 Å². The van der Waals surface area contributed by atoms with E-state index in [0.717, 1.165) is 24.3 Å². The smallest absolute Gasteiger partial charge is 0.393 e. The molecule has 0 fully saturated rings. The Morgan fingerprint density at radius 1 is 1.06 bits per heavy atom. The summed E-state index contributed by atoms with van der Waals surface area (Å²) >= 11 is 2.99. The van der Waals surface area contributed by atoms with E-state index < -0.39 is 23.9 Å². The second kappa shape index (κ2) is 4.73. The summed E-state index contributed by atoms with van der Waals surface area (Å²) in [5.74, 6) is 0. The van der Waals surface area contributed by atoms with Crippen molar-refractivity contribution in [2.75, 3.05) is 11.9 Å². The molecule has 0 bridgehead atoms. The molecule has 0 aromatic heterocycles. The number of rotatable bonds is 3. The summed E-state index contributed by atoms with van der Waals surface area (Å²) in [6, 6.07) is 4.05. The highest BCUT2D eigenvalue weighted by atomic mass is 79.9. The van der Waals surface area contributed by atoms with Crippen molar-refractivity contribution in [2.24, 2.45) is 0 Å². The van der Waals surface area contributed by atoms with Crippen molar-refractivity contribution in [1.82, 2.24) is 0 Å². The lowest BCUT2D eigenvalue weighted by Gasteiger charge is -2.24. The fourth-order valence-electron chi connectivity index (χ4n) is 1.18. The molecule has 1 rings (SSSR count). The molecule has 0 unspecified atom stereocenters. The lowest BCUT2D eigenvalue weighted by molar-refractivity contribution is -0.137. The number of hydrogen-bond donors (Lipinski definition) is 2. The Morgan fingerprint density at radius 2 is 1.50 bits per heavy atom. The van der Waals surface area contributed by atoms with Crippen LogP contribution in [0.15, 0.2) is 24.3 Å². The highest BCUT2D eigenvalue weighted by Crippen LogP contribution is 2.31. The van der Waals surface area contributed by atoms with E-state index in [0.29, 0.717) is 0 Å². The lowest BCUT2D eigenvalue weighted by atomic mass is 9.96. The molecular weight excluding hydrogens is 289 g/mol. The van der Waals surface area contributed by atoms with Crippen LogP contribution in [-0.2, 0) is 11.8 Å². The van der Waals surface area contributed by atoms with Crippen LogP contribution in [0.25, 0.3) is 0 Å². The van der Waals surface area contributed by atoms with Crippen molar-refractivity contribution >= 4 is 15.9 Å². The minimum atomic E-state index is -4.40. The zero-order valence-corrected chi connectivity index (χ0v) is 9.72. The molecule has 0 aliphatic heterocycles. The molecular formula is C10H10BrF3O2. The number of benzene rings is 1. The van der Waals surface area contributed by atoms with E-state index in [1.165, 1.54) is 0 Å². The zero-order chi connectivity index (χ0) is 12.4. The second-order valence-corrected chi connectivity index (χ2v) is 3.96. The first kappa shape index (κ1) is 13.5. The molecule has 0 aliphatic rings. The molecule has 1 aromatic rings. The molecule has 0 heterocycles. The fraction of sp³-hybridized carbons (Fsp3) is 0.400. The molecule has 0 saturated carbocycles. The van der Waals surface area contributed by atoms with Crippen molar-refractivity contribution in [1.29, 1.82) is 0 Å². The summed E-state index contributed by atoms with van der Waals surface area (Å²) in [5.41, 5.74) is -2.10. The molecule has 0 saturated heterocycles. The number of hydrogen-bond acceptors (Lipinski definition) is 2. The molecule has 1 atom stereocenters. The molecule has 1 aromatic carbocycles. The van der Waals surface area contributed by atoms with Gasteiger partial charge in [-0.2, -0.15) is 13.2 Å². The molecule has 90 valence electrons. The molecule has 0 spiro atoms. The predicted molar refractivity (Wildman–Crippen MR) is 56.2 cm³/mol. The quantitative estimate of drug-likeness (QED) is 0.841. The van der Waals surface area contributed by atoms with Crippen LogP contribution in [0.3, 0.4) is 0 Å². The molecule has 6 heteroatoms. The van der Waals surface area contributed by atoms with E-state index in [2.05, 4.69) is 15.9 Å². The lowest BCUT2D eigenvalue weighted by Crippen LogP contribution is -2.32. The fourth-order valence-corrected chi connectivity index (χ4v) is 1.68. The Bertz CT molecular complexity index is 344. The van der Waals surface area contributed by atoms with Crippen LogP contribution in [0.2, 0.25) is 0 Å². The Hall–Kier alpha value is -0.590. The van der Waals surface area contributed by atoms with Crippen LogP contribution in [0.4, 0.5) is 13.2 Å².